The first-order chi connectivity index (χ1) is 7.63. The Morgan fingerprint density at radius 3 is 2.38 bits per heavy atom. The average molecular weight is 228 g/mol. The van der Waals surface area contributed by atoms with E-state index in [9.17, 15) is 8.78 Å². The lowest BCUT2D eigenvalue weighted by Gasteiger charge is -2.16. The lowest BCUT2D eigenvalue weighted by molar-refractivity contribution is 0.151. The van der Waals surface area contributed by atoms with Crippen LogP contribution in [0.5, 0.6) is 0 Å². The summed E-state index contributed by atoms with van der Waals surface area (Å²) in [5.41, 5.74) is 1.14. The summed E-state index contributed by atoms with van der Waals surface area (Å²) in [7, 11) is 3.92. The molecule has 0 unspecified atom stereocenters. The first-order valence-electron chi connectivity index (χ1n) is 5.33. The summed E-state index contributed by atoms with van der Waals surface area (Å²) < 4.78 is 24.6. The number of nitrogens with zero attached hydrogens (tertiary/aromatic N) is 1. The minimum atomic E-state index is -2.38. The van der Waals surface area contributed by atoms with Gasteiger partial charge in [-0.05, 0) is 19.7 Å². The van der Waals surface area contributed by atoms with Gasteiger partial charge in [-0.3, -0.25) is 0 Å². The highest BCUT2D eigenvalue weighted by Crippen LogP contribution is 2.18. The van der Waals surface area contributed by atoms with Crippen LogP contribution in [0.4, 0.5) is 8.78 Å². The number of hydrogen-bond donors (Lipinski definition) is 1. The second-order valence-electron chi connectivity index (χ2n) is 3.88. The second-order valence-corrected chi connectivity index (χ2v) is 3.88. The van der Waals surface area contributed by atoms with Crippen LogP contribution in [0.3, 0.4) is 0 Å². The molecule has 1 rings (SSSR count). The summed E-state index contributed by atoms with van der Waals surface area (Å²) in [4.78, 5) is 2.15. The summed E-state index contributed by atoms with van der Waals surface area (Å²) >= 11 is 0. The van der Waals surface area contributed by atoms with Crippen molar-refractivity contribution in [2.75, 3.05) is 27.2 Å². The van der Waals surface area contributed by atoms with E-state index in [2.05, 4.69) is 10.2 Å². The molecule has 1 aromatic carbocycles. The highest BCUT2D eigenvalue weighted by Gasteiger charge is 2.06. The van der Waals surface area contributed by atoms with Gasteiger partial charge in [0.15, 0.2) is 0 Å². The molecule has 4 heteroatoms. The third-order valence-corrected chi connectivity index (χ3v) is 2.43. The smallest absolute Gasteiger partial charge is 0.263 e. The van der Waals surface area contributed by atoms with Gasteiger partial charge in [-0.25, -0.2) is 8.78 Å². The van der Waals surface area contributed by atoms with Crippen molar-refractivity contribution >= 4 is 0 Å². The van der Waals surface area contributed by atoms with Crippen LogP contribution in [0.15, 0.2) is 24.3 Å². The van der Waals surface area contributed by atoms with Gasteiger partial charge in [-0.15, -0.1) is 0 Å². The molecule has 0 bridgehead atoms. The Labute approximate surface area is 95.3 Å². The maximum absolute atomic E-state index is 12.3. The third-order valence-electron chi connectivity index (χ3n) is 2.43. The van der Waals surface area contributed by atoms with Gasteiger partial charge in [0.1, 0.15) is 0 Å². The van der Waals surface area contributed by atoms with E-state index in [0.717, 1.165) is 25.2 Å². The molecule has 1 aromatic rings. The SMILES string of the molecule is CNCCN(C)Cc1ccc(C(F)F)cc1. The summed E-state index contributed by atoms with van der Waals surface area (Å²) in [6, 6.07) is 6.51. The number of alkyl halides is 2. The van der Waals surface area contributed by atoms with Crippen molar-refractivity contribution in [2.45, 2.75) is 13.0 Å². The van der Waals surface area contributed by atoms with Crippen LogP contribution in [-0.4, -0.2) is 32.1 Å². The first-order valence-corrected chi connectivity index (χ1v) is 5.33. The molecule has 0 saturated heterocycles. The fraction of sp³-hybridized carbons (Fsp3) is 0.500. The largest absolute Gasteiger partial charge is 0.318 e. The Balaban J connectivity index is 2.48. The van der Waals surface area contributed by atoms with E-state index in [1.165, 1.54) is 12.1 Å². The van der Waals surface area contributed by atoms with Crippen LogP contribution in [0, 0.1) is 0 Å². The first kappa shape index (κ1) is 13.1. The molecule has 0 fully saturated rings. The van der Waals surface area contributed by atoms with Crippen molar-refractivity contribution in [1.82, 2.24) is 10.2 Å². The average Bonchev–Trinajstić information content (AvgIpc) is 2.27. The van der Waals surface area contributed by atoms with Gasteiger partial charge in [-0.1, -0.05) is 24.3 Å². The highest BCUT2D eigenvalue weighted by molar-refractivity contribution is 5.23. The van der Waals surface area contributed by atoms with Crippen molar-refractivity contribution in [3.63, 3.8) is 0 Å². The van der Waals surface area contributed by atoms with Gasteiger partial charge in [-0.2, -0.15) is 0 Å². The zero-order valence-electron chi connectivity index (χ0n) is 9.71. The molecule has 0 amide bonds. The molecule has 90 valence electrons. The molecular formula is C12H18F2N2. The highest BCUT2D eigenvalue weighted by atomic mass is 19.3. The summed E-state index contributed by atoms with van der Waals surface area (Å²) in [6.07, 6.45) is -2.38. The topological polar surface area (TPSA) is 15.3 Å². The summed E-state index contributed by atoms with van der Waals surface area (Å²) in [5, 5.41) is 3.07. The zero-order chi connectivity index (χ0) is 12.0. The van der Waals surface area contributed by atoms with E-state index in [1.54, 1.807) is 12.1 Å². The molecule has 0 aromatic heterocycles. The molecule has 0 saturated carbocycles. The monoisotopic (exact) mass is 228 g/mol. The van der Waals surface area contributed by atoms with E-state index >= 15 is 0 Å². The van der Waals surface area contributed by atoms with Crippen LogP contribution in [0.1, 0.15) is 17.6 Å². The summed E-state index contributed by atoms with van der Waals surface area (Å²) in [6.45, 7) is 2.64. The van der Waals surface area contributed by atoms with E-state index in [0.29, 0.717) is 0 Å². The van der Waals surface area contributed by atoms with E-state index in [4.69, 9.17) is 0 Å². The zero-order valence-corrected chi connectivity index (χ0v) is 9.71. The lowest BCUT2D eigenvalue weighted by Crippen LogP contribution is -2.26. The lowest BCUT2D eigenvalue weighted by atomic mass is 10.1. The Morgan fingerprint density at radius 2 is 1.88 bits per heavy atom. The molecule has 0 atom stereocenters. The van der Waals surface area contributed by atoms with E-state index in [-0.39, 0.29) is 5.56 Å². The quantitative estimate of drug-likeness (QED) is 0.803. The Morgan fingerprint density at radius 1 is 1.25 bits per heavy atom. The summed E-state index contributed by atoms with van der Waals surface area (Å²) in [5.74, 6) is 0. The Kier molecular flexibility index (Phi) is 5.35. The van der Waals surface area contributed by atoms with Crippen LogP contribution in [0.25, 0.3) is 0 Å². The third kappa shape index (κ3) is 4.24. The number of rotatable bonds is 6. The number of likely N-dealkylation sites (N-methyl/N-ethyl adjacent to an activating group) is 2. The van der Waals surface area contributed by atoms with Crippen LogP contribution >= 0.6 is 0 Å². The number of halogens is 2. The van der Waals surface area contributed by atoms with Crippen LogP contribution in [-0.2, 0) is 6.54 Å². The van der Waals surface area contributed by atoms with Crippen molar-refractivity contribution in [3.05, 3.63) is 35.4 Å². The fourth-order valence-electron chi connectivity index (χ4n) is 1.46. The predicted octanol–water partition coefficient (Wildman–Crippen LogP) is 2.28. The fourth-order valence-corrected chi connectivity index (χ4v) is 1.46. The van der Waals surface area contributed by atoms with Crippen molar-refractivity contribution in [3.8, 4) is 0 Å². The van der Waals surface area contributed by atoms with Gasteiger partial charge >= 0.3 is 0 Å². The van der Waals surface area contributed by atoms with Crippen LogP contribution < -0.4 is 5.32 Å². The number of benzene rings is 1. The molecule has 1 N–H and O–H groups in total. The number of hydrogen-bond acceptors (Lipinski definition) is 2. The van der Waals surface area contributed by atoms with Gasteiger partial charge in [0.05, 0.1) is 0 Å². The Hall–Kier alpha value is -1.00. The molecule has 0 aliphatic carbocycles. The molecule has 0 spiro atoms. The van der Waals surface area contributed by atoms with Gasteiger partial charge in [0.2, 0.25) is 0 Å². The maximum atomic E-state index is 12.3. The van der Waals surface area contributed by atoms with Crippen molar-refractivity contribution in [1.29, 1.82) is 0 Å². The predicted molar refractivity (Wildman–Crippen MR) is 61.7 cm³/mol. The minimum absolute atomic E-state index is 0.0848. The Bertz CT molecular complexity index is 298. The normalized spacial score (nSPS) is 11.4. The van der Waals surface area contributed by atoms with E-state index < -0.39 is 6.43 Å². The molecule has 2 nitrogen and oxygen atoms in total. The second kappa shape index (κ2) is 6.55. The molecular weight excluding hydrogens is 210 g/mol. The molecule has 0 heterocycles. The van der Waals surface area contributed by atoms with Crippen molar-refractivity contribution in [2.24, 2.45) is 0 Å². The molecule has 0 aliphatic heterocycles. The van der Waals surface area contributed by atoms with E-state index in [1.807, 2.05) is 14.1 Å². The van der Waals surface area contributed by atoms with Gasteiger partial charge < -0.3 is 10.2 Å². The minimum Gasteiger partial charge on any atom is -0.318 e. The van der Waals surface area contributed by atoms with Crippen molar-refractivity contribution < 1.29 is 8.78 Å². The molecule has 0 aliphatic rings. The van der Waals surface area contributed by atoms with Gasteiger partial charge in [0, 0.05) is 25.2 Å². The molecule has 0 radical (unpaired) electrons. The number of nitrogens with one attached hydrogen (secondary N) is 1. The maximum Gasteiger partial charge on any atom is 0.263 e. The standard InChI is InChI=1S/C12H18F2N2/c1-15-7-8-16(2)9-10-3-5-11(6-4-10)12(13)14/h3-6,12,15H,7-9H2,1-2H3. The van der Waals surface area contributed by atoms with Crippen LogP contribution in [0.2, 0.25) is 0 Å². The molecule has 16 heavy (non-hydrogen) atoms. The van der Waals surface area contributed by atoms with Gasteiger partial charge in [0.25, 0.3) is 6.43 Å².